The van der Waals surface area contributed by atoms with E-state index < -0.39 is 10.0 Å². The number of nitrogens with one attached hydrogen (secondary N) is 1. The van der Waals surface area contributed by atoms with Crippen LogP contribution in [0.25, 0.3) is 0 Å². The summed E-state index contributed by atoms with van der Waals surface area (Å²) in [5.74, 6) is 0.387. The van der Waals surface area contributed by atoms with E-state index in [0.29, 0.717) is 34.1 Å². The van der Waals surface area contributed by atoms with Gasteiger partial charge in [-0.1, -0.05) is 24.4 Å². The Bertz CT molecular complexity index is 675. The molecule has 24 heavy (non-hydrogen) atoms. The van der Waals surface area contributed by atoms with Crippen LogP contribution >= 0.6 is 22.9 Å². The molecule has 1 aliphatic carbocycles. The quantitative estimate of drug-likeness (QED) is 0.839. The molecule has 0 aromatic carbocycles. The van der Waals surface area contributed by atoms with E-state index in [-0.39, 0.29) is 11.8 Å². The Kier molecular flexibility index (Phi) is 5.85. The fourth-order valence-electron chi connectivity index (χ4n) is 3.54. The Labute approximate surface area is 152 Å². The van der Waals surface area contributed by atoms with Crippen LogP contribution in [0.5, 0.6) is 0 Å². The van der Waals surface area contributed by atoms with E-state index in [0.717, 1.165) is 37.0 Å². The topological polar surface area (TPSA) is 66.5 Å². The average molecular weight is 391 g/mol. The van der Waals surface area contributed by atoms with Crippen LogP contribution in [0.3, 0.4) is 0 Å². The van der Waals surface area contributed by atoms with Gasteiger partial charge in [0.25, 0.3) is 10.0 Å². The summed E-state index contributed by atoms with van der Waals surface area (Å²) in [5, 5.41) is 3.11. The van der Waals surface area contributed by atoms with Crippen molar-refractivity contribution in [3.63, 3.8) is 0 Å². The van der Waals surface area contributed by atoms with Gasteiger partial charge in [0, 0.05) is 25.6 Å². The molecule has 1 saturated heterocycles. The Morgan fingerprint density at radius 3 is 2.46 bits per heavy atom. The monoisotopic (exact) mass is 390 g/mol. The van der Waals surface area contributed by atoms with Crippen molar-refractivity contribution in [3.8, 4) is 0 Å². The van der Waals surface area contributed by atoms with Crippen LogP contribution in [0.15, 0.2) is 16.3 Å². The first-order valence-corrected chi connectivity index (χ1v) is 11.1. The number of rotatable bonds is 5. The van der Waals surface area contributed by atoms with E-state index in [1.165, 1.54) is 17.1 Å². The lowest BCUT2D eigenvalue weighted by atomic mass is 9.94. The fraction of sp³-hybridized carbons (Fsp3) is 0.688. The highest BCUT2D eigenvalue weighted by molar-refractivity contribution is 7.91. The smallest absolute Gasteiger partial charge is 0.252 e. The summed E-state index contributed by atoms with van der Waals surface area (Å²) < 4.78 is 27.4. The maximum Gasteiger partial charge on any atom is 0.252 e. The van der Waals surface area contributed by atoms with Gasteiger partial charge in [0.15, 0.2) is 0 Å². The first-order valence-electron chi connectivity index (χ1n) is 8.50. The lowest BCUT2D eigenvalue weighted by Gasteiger charge is -2.30. The molecule has 2 heterocycles. The zero-order valence-corrected chi connectivity index (χ0v) is 15.9. The number of halogens is 1. The highest BCUT2D eigenvalue weighted by atomic mass is 35.5. The largest absolute Gasteiger partial charge is 0.353 e. The molecule has 8 heteroatoms. The van der Waals surface area contributed by atoms with Gasteiger partial charge in [-0.15, -0.1) is 11.3 Å². The molecule has 0 spiro atoms. The number of hydrogen-bond acceptors (Lipinski definition) is 4. The normalized spacial score (nSPS) is 21.2. The van der Waals surface area contributed by atoms with Gasteiger partial charge in [-0.2, -0.15) is 4.31 Å². The van der Waals surface area contributed by atoms with Gasteiger partial charge < -0.3 is 5.32 Å². The van der Waals surface area contributed by atoms with Crippen LogP contribution in [-0.2, 0) is 14.8 Å². The second-order valence-electron chi connectivity index (χ2n) is 6.66. The molecule has 134 valence electrons. The lowest BCUT2D eigenvalue weighted by molar-refractivity contribution is -0.122. The molecule has 1 aromatic rings. The van der Waals surface area contributed by atoms with Gasteiger partial charge in [0.2, 0.25) is 5.91 Å². The molecule has 1 amide bonds. The number of thiophene rings is 1. The summed E-state index contributed by atoms with van der Waals surface area (Å²) in [6, 6.07) is 3.52. The van der Waals surface area contributed by atoms with Gasteiger partial charge in [-0.25, -0.2) is 8.42 Å². The van der Waals surface area contributed by atoms with Crippen molar-refractivity contribution in [1.82, 2.24) is 9.62 Å². The van der Waals surface area contributed by atoms with Crippen molar-refractivity contribution in [1.29, 1.82) is 0 Å². The molecule has 0 unspecified atom stereocenters. The van der Waals surface area contributed by atoms with E-state index in [1.54, 1.807) is 12.1 Å². The molecule has 1 saturated carbocycles. The molecule has 2 fully saturated rings. The van der Waals surface area contributed by atoms with Crippen molar-refractivity contribution in [2.75, 3.05) is 13.1 Å². The standard InChI is InChI=1S/C16H23ClN2O3S2/c17-14-5-6-16(23-14)24(21,22)19-9-7-12(8-10-19)11-15(20)18-13-3-1-2-4-13/h5-6,12-13H,1-4,7-11H2,(H,18,20). The lowest BCUT2D eigenvalue weighted by Crippen LogP contribution is -2.40. The highest BCUT2D eigenvalue weighted by Gasteiger charge is 2.31. The number of hydrogen-bond donors (Lipinski definition) is 1. The fourth-order valence-corrected chi connectivity index (χ4v) is 6.64. The van der Waals surface area contributed by atoms with Crippen LogP contribution in [0.2, 0.25) is 4.34 Å². The Morgan fingerprint density at radius 1 is 1.21 bits per heavy atom. The zero-order chi connectivity index (χ0) is 17.2. The minimum absolute atomic E-state index is 0.119. The van der Waals surface area contributed by atoms with E-state index in [9.17, 15) is 13.2 Å². The molecular weight excluding hydrogens is 368 g/mol. The number of carbonyl (C=O) groups excluding carboxylic acids is 1. The second-order valence-corrected chi connectivity index (χ2v) is 10.5. The van der Waals surface area contributed by atoms with Gasteiger partial charge >= 0.3 is 0 Å². The number of nitrogens with zero attached hydrogens (tertiary/aromatic N) is 1. The maximum atomic E-state index is 12.6. The first-order chi connectivity index (χ1) is 11.4. The number of amides is 1. The number of piperidine rings is 1. The number of sulfonamides is 1. The second kappa shape index (κ2) is 7.72. The summed E-state index contributed by atoms with van der Waals surface area (Å²) in [4.78, 5) is 12.1. The molecule has 0 atom stereocenters. The van der Waals surface area contributed by atoms with E-state index in [4.69, 9.17) is 11.6 Å². The van der Waals surface area contributed by atoms with Crippen molar-refractivity contribution in [3.05, 3.63) is 16.5 Å². The third kappa shape index (κ3) is 4.31. The van der Waals surface area contributed by atoms with Crippen molar-refractivity contribution >= 4 is 38.9 Å². The average Bonchev–Trinajstić information content (AvgIpc) is 3.19. The zero-order valence-electron chi connectivity index (χ0n) is 13.5. The Morgan fingerprint density at radius 2 is 1.88 bits per heavy atom. The van der Waals surface area contributed by atoms with Gasteiger partial charge in [-0.05, 0) is 43.7 Å². The van der Waals surface area contributed by atoms with Crippen LogP contribution in [0.4, 0.5) is 0 Å². The Balaban J connectivity index is 1.49. The summed E-state index contributed by atoms with van der Waals surface area (Å²) in [7, 11) is -3.44. The molecule has 1 aliphatic heterocycles. The van der Waals surface area contributed by atoms with Crippen molar-refractivity contribution in [2.24, 2.45) is 5.92 Å². The summed E-state index contributed by atoms with van der Waals surface area (Å²) in [6.45, 7) is 0.943. The van der Waals surface area contributed by atoms with Gasteiger partial charge in [0.05, 0.1) is 4.34 Å². The molecule has 3 rings (SSSR count). The maximum absolute atomic E-state index is 12.6. The first kappa shape index (κ1) is 18.2. The predicted octanol–water partition coefficient (Wildman–Crippen LogP) is 3.25. The minimum atomic E-state index is -3.44. The summed E-state index contributed by atoms with van der Waals surface area (Å²) in [6.07, 6.45) is 6.56. The molecule has 1 aromatic heterocycles. The van der Waals surface area contributed by atoms with Gasteiger partial charge in [-0.3, -0.25) is 4.79 Å². The highest BCUT2D eigenvalue weighted by Crippen LogP contribution is 2.31. The van der Waals surface area contributed by atoms with E-state index >= 15 is 0 Å². The minimum Gasteiger partial charge on any atom is -0.353 e. The van der Waals surface area contributed by atoms with Crippen LogP contribution in [0.1, 0.15) is 44.9 Å². The van der Waals surface area contributed by atoms with Crippen LogP contribution in [-0.4, -0.2) is 37.8 Å². The van der Waals surface area contributed by atoms with Gasteiger partial charge in [0.1, 0.15) is 4.21 Å². The third-order valence-corrected chi connectivity index (χ3v) is 8.51. The van der Waals surface area contributed by atoms with Crippen molar-refractivity contribution in [2.45, 2.75) is 55.2 Å². The van der Waals surface area contributed by atoms with Crippen LogP contribution in [0, 0.1) is 5.92 Å². The number of carbonyl (C=O) groups is 1. The van der Waals surface area contributed by atoms with Crippen LogP contribution < -0.4 is 5.32 Å². The van der Waals surface area contributed by atoms with E-state index in [1.807, 2.05) is 0 Å². The Hall–Kier alpha value is -0.630. The predicted molar refractivity (Wildman–Crippen MR) is 95.8 cm³/mol. The molecule has 5 nitrogen and oxygen atoms in total. The summed E-state index contributed by atoms with van der Waals surface area (Å²) in [5.41, 5.74) is 0. The van der Waals surface area contributed by atoms with E-state index in [2.05, 4.69) is 5.32 Å². The summed E-state index contributed by atoms with van der Waals surface area (Å²) >= 11 is 6.94. The molecule has 0 radical (unpaired) electrons. The third-order valence-electron chi connectivity index (χ3n) is 4.91. The molecule has 2 aliphatic rings. The molecule has 0 bridgehead atoms. The molecular formula is C16H23ClN2O3S2. The van der Waals surface area contributed by atoms with Crippen molar-refractivity contribution < 1.29 is 13.2 Å². The molecule has 1 N–H and O–H groups in total. The SMILES string of the molecule is O=C(CC1CCN(S(=O)(=O)c2ccc(Cl)s2)CC1)NC1CCCC1.